The monoisotopic (exact) mass is 266 g/mol. The normalized spacial score (nSPS) is 18.1. The second-order valence-corrected chi connectivity index (χ2v) is 3.68. The zero-order valence-electron chi connectivity index (χ0n) is 10.1. The first-order valence-corrected chi connectivity index (χ1v) is 5.20. The average molecular weight is 266 g/mol. The molecule has 1 N–H and O–H groups in total. The number of amides is 1. The average Bonchev–Trinajstić information content (AvgIpc) is 2.44. The molecule has 2 rings (SSSR count). The molecule has 1 aliphatic heterocycles. The zero-order valence-corrected chi connectivity index (χ0v) is 10.1. The van der Waals surface area contributed by atoms with Crippen LogP contribution in [0, 0.1) is 10.4 Å². The largest absolute Gasteiger partial charge is 0.621 e. The number of benzene rings is 1. The summed E-state index contributed by atoms with van der Waals surface area (Å²) < 4.78 is 9.34. The van der Waals surface area contributed by atoms with E-state index in [1.165, 1.54) is 25.3 Å². The van der Waals surface area contributed by atoms with Crippen LogP contribution in [0.4, 0.5) is 11.4 Å². The zero-order chi connectivity index (χ0) is 14.2. The van der Waals surface area contributed by atoms with E-state index in [1.807, 2.05) is 0 Å². The first-order valence-electron chi connectivity index (χ1n) is 5.20. The Labute approximate surface area is 107 Å². The summed E-state index contributed by atoms with van der Waals surface area (Å²) in [6.45, 7) is 0. The van der Waals surface area contributed by atoms with E-state index in [1.54, 1.807) is 0 Å². The van der Waals surface area contributed by atoms with E-state index < -0.39 is 22.7 Å². The van der Waals surface area contributed by atoms with E-state index in [4.69, 9.17) is 4.74 Å². The van der Waals surface area contributed by atoms with Gasteiger partial charge in [-0.05, 0) is 6.07 Å². The predicted octanol–water partition coefficient (Wildman–Crippen LogP) is -0.995. The number of hydroxylamine groups is 1. The van der Waals surface area contributed by atoms with Gasteiger partial charge >= 0.3 is 17.6 Å². The quantitative estimate of drug-likeness (QED) is 0.418. The van der Waals surface area contributed by atoms with Crippen LogP contribution < -0.4 is 9.80 Å². The number of methoxy groups -OCH3 is 2. The van der Waals surface area contributed by atoms with E-state index >= 15 is 0 Å². The van der Waals surface area contributed by atoms with Gasteiger partial charge in [0, 0.05) is 6.07 Å². The van der Waals surface area contributed by atoms with Crippen LogP contribution in [-0.4, -0.2) is 36.5 Å². The van der Waals surface area contributed by atoms with Crippen molar-refractivity contribution >= 4 is 29.0 Å². The third kappa shape index (κ3) is 1.92. The van der Waals surface area contributed by atoms with Crippen molar-refractivity contribution in [3.63, 3.8) is 0 Å². The van der Waals surface area contributed by atoms with E-state index in [0.717, 1.165) is 7.11 Å². The van der Waals surface area contributed by atoms with Gasteiger partial charge in [0.15, 0.2) is 0 Å². The summed E-state index contributed by atoms with van der Waals surface area (Å²) in [6.07, 6.45) is 0. The molecule has 1 atom stereocenters. The van der Waals surface area contributed by atoms with Gasteiger partial charge < -0.3 is 19.9 Å². The maximum Gasteiger partial charge on any atom is 0.423 e. The fourth-order valence-electron chi connectivity index (χ4n) is 1.71. The fourth-order valence-corrected chi connectivity index (χ4v) is 1.71. The molecule has 0 aliphatic carbocycles. The number of fused-ring (bicyclic) bond motifs is 1. The number of nitrogens with zero attached hydrogens (tertiary/aromatic N) is 1. The summed E-state index contributed by atoms with van der Waals surface area (Å²) >= 11 is 0. The molecule has 8 nitrogen and oxygen atoms in total. The molecule has 1 heterocycles. The lowest BCUT2D eigenvalue weighted by Gasteiger charge is -2.24. The lowest BCUT2D eigenvalue weighted by Crippen LogP contribution is -3.07. The summed E-state index contributed by atoms with van der Waals surface area (Å²) in [5.41, 5.74) is -1.05. The molecule has 100 valence electrons. The molecule has 0 saturated heterocycles. The van der Waals surface area contributed by atoms with Crippen molar-refractivity contribution in [3.05, 3.63) is 28.6 Å². The Morgan fingerprint density at radius 1 is 1.37 bits per heavy atom. The highest BCUT2D eigenvalue weighted by Gasteiger charge is 2.44. The Kier molecular flexibility index (Phi) is 3.19. The van der Waals surface area contributed by atoms with Crippen molar-refractivity contribution in [1.29, 1.82) is 0 Å². The molecule has 19 heavy (non-hydrogen) atoms. The van der Waals surface area contributed by atoms with Crippen LogP contribution in [0.3, 0.4) is 0 Å². The first-order chi connectivity index (χ1) is 9.01. The summed E-state index contributed by atoms with van der Waals surface area (Å²) in [6, 6.07) is 4.02. The van der Waals surface area contributed by atoms with Crippen LogP contribution in [0.1, 0.15) is 0 Å². The smallest absolute Gasteiger partial charge is 0.423 e. The SMILES string of the molecule is COC(=O)C1=[N+]([O-])c2cc(OC)ccc2[NH+]([O-])C1=O. The molecule has 0 spiro atoms. The fraction of sp³-hybridized carbons (Fsp3) is 0.182. The van der Waals surface area contributed by atoms with Gasteiger partial charge in [-0.2, -0.15) is 0 Å². The van der Waals surface area contributed by atoms with E-state index in [-0.39, 0.29) is 16.1 Å². The van der Waals surface area contributed by atoms with Gasteiger partial charge in [0.2, 0.25) is 5.69 Å². The van der Waals surface area contributed by atoms with Crippen molar-refractivity contribution in [3.8, 4) is 5.75 Å². The third-order valence-electron chi connectivity index (χ3n) is 2.67. The maximum absolute atomic E-state index is 12.0. The lowest BCUT2D eigenvalue weighted by molar-refractivity contribution is -0.691. The number of esters is 1. The Bertz CT molecular complexity index is 595. The molecule has 1 aliphatic rings. The number of nitrogens with one attached hydrogen (secondary N) is 1. The molecule has 0 saturated carbocycles. The molecule has 8 heteroatoms. The maximum atomic E-state index is 12.0. The lowest BCUT2D eigenvalue weighted by atomic mass is 10.2. The summed E-state index contributed by atoms with van der Waals surface area (Å²) in [4.78, 5) is 23.1. The highest BCUT2D eigenvalue weighted by Crippen LogP contribution is 2.28. The number of quaternary nitrogens is 1. The van der Waals surface area contributed by atoms with E-state index in [2.05, 4.69) is 4.74 Å². The molecule has 0 radical (unpaired) electrons. The Morgan fingerprint density at radius 3 is 2.63 bits per heavy atom. The third-order valence-corrected chi connectivity index (χ3v) is 2.67. The van der Waals surface area contributed by atoms with Gasteiger partial charge in [0.1, 0.15) is 5.75 Å². The molecule has 0 fully saturated rings. The van der Waals surface area contributed by atoms with Crippen molar-refractivity contribution in [2.24, 2.45) is 0 Å². The van der Waals surface area contributed by atoms with Gasteiger partial charge in [0.05, 0.1) is 20.3 Å². The number of carbonyl (C=O) groups is 2. The van der Waals surface area contributed by atoms with Gasteiger partial charge in [-0.15, -0.1) is 4.74 Å². The minimum Gasteiger partial charge on any atom is -0.621 e. The van der Waals surface area contributed by atoms with Gasteiger partial charge in [-0.1, -0.05) is 0 Å². The first kappa shape index (κ1) is 13.0. The second kappa shape index (κ2) is 4.67. The van der Waals surface area contributed by atoms with Crippen molar-refractivity contribution in [2.45, 2.75) is 0 Å². The Hall–Kier alpha value is -2.45. The topological polar surface area (TPSA) is 106 Å². The highest BCUT2D eigenvalue weighted by atomic mass is 16.5. The van der Waals surface area contributed by atoms with Crippen LogP contribution in [-0.2, 0) is 14.3 Å². The van der Waals surface area contributed by atoms with Crippen LogP contribution in [0.15, 0.2) is 18.2 Å². The summed E-state index contributed by atoms with van der Waals surface area (Å²) in [5.74, 6) is -2.01. The summed E-state index contributed by atoms with van der Waals surface area (Å²) in [5, 5.41) is 22.9. The van der Waals surface area contributed by atoms with Crippen molar-refractivity contribution in [1.82, 2.24) is 0 Å². The molecule has 1 aromatic carbocycles. The number of hydrogen-bond acceptors (Lipinski definition) is 6. The summed E-state index contributed by atoms with van der Waals surface area (Å²) in [7, 11) is 2.40. The standard InChI is InChI=1S/C11H10N2O6/c1-18-6-3-4-7-8(5-6)12(16)9(11(15)19-2)10(14)13(7)17/h3-5,13H,1-2H3. The Morgan fingerprint density at radius 2 is 2.05 bits per heavy atom. The van der Waals surface area contributed by atoms with Gasteiger partial charge in [-0.3, -0.25) is 5.06 Å². The second-order valence-electron chi connectivity index (χ2n) is 3.68. The molecular weight excluding hydrogens is 256 g/mol. The van der Waals surface area contributed by atoms with Crippen LogP contribution >= 0.6 is 0 Å². The Balaban J connectivity index is 2.68. The number of ether oxygens (including phenoxy) is 2. The van der Waals surface area contributed by atoms with Crippen LogP contribution in [0.2, 0.25) is 0 Å². The van der Waals surface area contributed by atoms with Crippen LogP contribution in [0.25, 0.3) is 0 Å². The number of hydrogen-bond donors (Lipinski definition) is 1. The molecular formula is C11H10N2O6. The number of carbonyl (C=O) groups excluding carboxylic acids is 2. The molecule has 1 unspecified atom stereocenters. The number of rotatable bonds is 2. The molecule has 1 aromatic rings. The molecule has 0 bridgehead atoms. The van der Waals surface area contributed by atoms with Crippen LogP contribution in [0.5, 0.6) is 5.75 Å². The van der Waals surface area contributed by atoms with Gasteiger partial charge in [-0.25, -0.2) is 9.59 Å². The van der Waals surface area contributed by atoms with Crippen molar-refractivity contribution < 1.29 is 28.9 Å². The minimum absolute atomic E-state index is 0.0755. The molecule has 1 amide bonds. The minimum atomic E-state index is -1.18. The van der Waals surface area contributed by atoms with E-state index in [9.17, 15) is 20.0 Å². The predicted molar refractivity (Wildman–Crippen MR) is 62.3 cm³/mol. The van der Waals surface area contributed by atoms with E-state index in [0.29, 0.717) is 5.75 Å². The highest BCUT2D eigenvalue weighted by molar-refractivity contribution is 6.60. The molecule has 0 aromatic heterocycles. The van der Waals surface area contributed by atoms with Crippen molar-refractivity contribution in [2.75, 3.05) is 14.2 Å². The van der Waals surface area contributed by atoms with Gasteiger partial charge in [0.25, 0.3) is 5.69 Å².